The second-order valence-corrected chi connectivity index (χ2v) is 5.42. The summed E-state index contributed by atoms with van der Waals surface area (Å²) in [5, 5.41) is 5.26. The van der Waals surface area contributed by atoms with Crippen LogP contribution in [0.4, 0.5) is 0 Å². The summed E-state index contributed by atoms with van der Waals surface area (Å²) in [6.45, 7) is 4.64. The highest BCUT2D eigenvalue weighted by molar-refractivity contribution is 9.10. The van der Waals surface area contributed by atoms with E-state index in [1.807, 2.05) is 36.7 Å². The average Bonchev–Trinajstić information content (AvgIpc) is 2.61. The van der Waals surface area contributed by atoms with Gasteiger partial charge in [-0.15, -0.1) is 0 Å². The Labute approximate surface area is 120 Å². The summed E-state index contributed by atoms with van der Waals surface area (Å²) in [4.78, 5) is 0. The Morgan fingerprint density at radius 3 is 2.78 bits per heavy atom. The summed E-state index contributed by atoms with van der Waals surface area (Å²) >= 11 is 9.65. The predicted octanol–water partition coefficient (Wildman–Crippen LogP) is 3.41. The van der Waals surface area contributed by atoms with Crippen LogP contribution in [0.25, 0.3) is 5.69 Å². The van der Waals surface area contributed by atoms with Crippen molar-refractivity contribution in [3.05, 3.63) is 44.6 Å². The predicted molar refractivity (Wildman–Crippen MR) is 78.5 cm³/mol. The molecule has 0 aliphatic heterocycles. The van der Waals surface area contributed by atoms with Crippen molar-refractivity contribution in [2.75, 3.05) is 6.54 Å². The molecule has 0 aliphatic carbocycles. The van der Waals surface area contributed by atoms with Gasteiger partial charge < -0.3 is 5.73 Å². The molecule has 0 amide bonds. The van der Waals surface area contributed by atoms with Gasteiger partial charge in [0.2, 0.25) is 0 Å². The maximum Gasteiger partial charge on any atom is 0.113 e. The van der Waals surface area contributed by atoms with E-state index in [2.05, 4.69) is 21.0 Å². The van der Waals surface area contributed by atoms with E-state index in [9.17, 15) is 0 Å². The molecule has 0 atom stereocenters. The lowest BCUT2D eigenvalue weighted by Crippen LogP contribution is -2.04. The van der Waals surface area contributed by atoms with E-state index in [1.54, 1.807) is 0 Å². The van der Waals surface area contributed by atoms with Gasteiger partial charge in [-0.1, -0.05) is 17.7 Å². The molecule has 1 aromatic heterocycles. The van der Waals surface area contributed by atoms with E-state index in [0.717, 1.165) is 33.5 Å². The van der Waals surface area contributed by atoms with E-state index in [4.69, 9.17) is 17.3 Å². The summed E-state index contributed by atoms with van der Waals surface area (Å²) in [5.41, 5.74) is 9.88. The van der Waals surface area contributed by atoms with Gasteiger partial charge in [0.15, 0.2) is 0 Å². The third-order valence-electron chi connectivity index (χ3n) is 2.92. The van der Waals surface area contributed by atoms with E-state index in [1.165, 1.54) is 0 Å². The number of hydrogen-bond acceptors (Lipinski definition) is 2. The zero-order valence-electron chi connectivity index (χ0n) is 10.4. The molecule has 0 aliphatic rings. The number of nitrogens with zero attached hydrogens (tertiary/aromatic N) is 2. The fraction of sp³-hybridized carbons (Fsp3) is 0.308. The highest BCUT2D eigenvalue weighted by Gasteiger charge is 2.14. The van der Waals surface area contributed by atoms with Crippen LogP contribution in [0.1, 0.15) is 16.8 Å². The minimum Gasteiger partial charge on any atom is -0.330 e. The average molecular weight is 329 g/mol. The summed E-state index contributed by atoms with van der Waals surface area (Å²) in [6, 6.07) is 5.79. The first-order valence-electron chi connectivity index (χ1n) is 5.75. The van der Waals surface area contributed by atoms with Gasteiger partial charge in [-0.05, 0) is 60.4 Å². The lowest BCUT2D eigenvalue weighted by Gasteiger charge is -2.08. The third kappa shape index (κ3) is 2.46. The molecule has 3 nitrogen and oxygen atoms in total. The molecule has 0 radical (unpaired) electrons. The number of aromatic nitrogens is 2. The molecule has 5 heteroatoms. The summed E-state index contributed by atoms with van der Waals surface area (Å²) in [5.74, 6) is 0. The fourth-order valence-corrected chi connectivity index (χ4v) is 2.85. The lowest BCUT2D eigenvalue weighted by atomic mass is 10.2. The summed E-state index contributed by atoms with van der Waals surface area (Å²) in [7, 11) is 0. The Kier molecular flexibility index (Phi) is 4.10. The van der Waals surface area contributed by atoms with Crippen LogP contribution in [0.15, 0.2) is 22.8 Å². The molecule has 2 aromatic rings. The zero-order chi connectivity index (χ0) is 13.3. The van der Waals surface area contributed by atoms with Crippen LogP contribution < -0.4 is 5.73 Å². The van der Waals surface area contributed by atoms with Crippen molar-refractivity contribution >= 4 is 27.5 Å². The highest BCUT2D eigenvalue weighted by Crippen LogP contribution is 2.27. The molecule has 0 unspecified atom stereocenters. The first-order valence-corrected chi connectivity index (χ1v) is 6.92. The molecule has 0 saturated carbocycles. The van der Waals surface area contributed by atoms with E-state index in [0.29, 0.717) is 11.6 Å². The molecule has 0 fully saturated rings. The Hall–Kier alpha value is -0.840. The van der Waals surface area contributed by atoms with Gasteiger partial charge >= 0.3 is 0 Å². The van der Waals surface area contributed by atoms with Crippen LogP contribution in [-0.4, -0.2) is 16.3 Å². The number of halogens is 2. The van der Waals surface area contributed by atoms with Gasteiger partial charge in [-0.25, -0.2) is 4.68 Å². The van der Waals surface area contributed by atoms with Crippen LogP contribution in [0.5, 0.6) is 0 Å². The molecule has 0 bridgehead atoms. The molecule has 0 spiro atoms. The van der Waals surface area contributed by atoms with Crippen molar-refractivity contribution in [1.29, 1.82) is 0 Å². The van der Waals surface area contributed by atoms with Gasteiger partial charge in [-0.3, -0.25) is 0 Å². The number of hydrogen-bond donors (Lipinski definition) is 1. The number of benzene rings is 1. The van der Waals surface area contributed by atoms with Crippen LogP contribution in [0.2, 0.25) is 5.02 Å². The quantitative estimate of drug-likeness (QED) is 0.938. The Balaban J connectivity index is 2.57. The monoisotopic (exact) mass is 327 g/mol. The van der Waals surface area contributed by atoms with E-state index in [-0.39, 0.29) is 0 Å². The number of aryl methyl sites for hydroxylation is 2. The fourth-order valence-electron chi connectivity index (χ4n) is 1.93. The molecule has 1 heterocycles. The van der Waals surface area contributed by atoms with Crippen molar-refractivity contribution in [2.45, 2.75) is 20.3 Å². The van der Waals surface area contributed by atoms with Crippen molar-refractivity contribution in [3.8, 4) is 5.69 Å². The highest BCUT2D eigenvalue weighted by atomic mass is 79.9. The topological polar surface area (TPSA) is 43.8 Å². The summed E-state index contributed by atoms with van der Waals surface area (Å²) < 4.78 is 2.83. The van der Waals surface area contributed by atoms with Gasteiger partial charge in [0.05, 0.1) is 11.4 Å². The van der Waals surface area contributed by atoms with Gasteiger partial charge in [0, 0.05) is 10.6 Å². The van der Waals surface area contributed by atoms with Crippen molar-refractivity contribution in [2.24, 2.45) is 5.73 Å². The molecule has 96 valence electrons. The maximum absolute atomic E-state index is 6.05. The number of nitrogens with two attached hydrogens (primary N) is 1. The van der Waals surface area contributed by atoms with Crippen LogP contribution in [0.3, 0.4) is 0 Å². The maximum atomic E-state index is 6.05. The first kappa shape index (κ1) is 13.6. The van der Waals surface area contributed by atoms with Gasteiger partial charge in [-0.2, -0.15) is 5.10 Å². The summed E-state index contributed by atoms with van der Waals surface area (Å²) in [6.07, 6.45) is 0.812. The molecule has 1 aromatic carbocycles. The molecule has 0 saturated heterocycles. The standard InChI is InChI=1S/C13H15BrClN3/c1-8-3-4-10(15)7-12(8)18-13(14)11(5-6-16)9(2)17-18/h3-4,7H,5-6,16H2,1-2H3. The molecular weight excluding hydrogens is 314 g/mol. The Morgan fingerprint density at radius 1 is 1.39 bits per heavy atom. The van der Waals surface area contributed by atoms with Crippen LogP contribution in [0, 0.1) is 13.8 Å². The minimum absolute atomic E-state index is 0.611. The zero-order valence-corrected chi connectivity index (χ0v) is 12.7. The van der Waals surface area contributed by atoms with Gasteiger partial charge in [0.1, 0.15) is 4.60 Å². The lowest BCUT2D eigenvalue weighted by molar-refractivity contribution is 0.838. The van der Waals surface area contributed by atoms with Crippen molar-refractivity contribution < 1.29 is 0 Å². The second-order valence-electron chi connectivity index (χ2n) is 4.24. The minimum atomic E-state index is 0.611. The SMILES string of the molecule is Cc1ccc(Cl)cc1-n1nc(C)c(CCN)c1Br. The van der Waals surface area contributed by atoms with Crippen molar-refractivity contribution in [1.82, 2.24) is 9.78 Å². The first-order chi connectivity index (χ1) is 8.54. The smallest absolute Gasteiger partial charge is 0.113 e. The van der Waals surface area contributed by atoms with Gasteiger partial charge in [0.25, 0.3) is 0 Å². The third-order valence-corrected chi connectivity index (χ3v) is 3.97. The molecular formula is C13H15BrClN3. The normalized spacial score (nSPS) is 10.9. The largest absolute Gasteiger partial charge is 0.330 e. The number of rotatable bonds is 3. The second kappa shape index (κ2) is 5.43. The Morgan fingerprint density at radius 2 is 2.11 bits per heavy atom. The van der Waals surface area contributed by atoms with E-state index >= 15 is 0 Å². The van der Waals surface area contributed by atoms with E-state index < -0.39 is 0 Å². The van der Waals surface area contributed by atoms with Crippen molar-refractivity contribution in [3.63, 3.8) is 0 Å². The molecule has 2 rings (SSSR count). The molecule has 2 N–H and O–H groups in total. The van der Waals surface area contributed by atoms with Crippen LogP contribution >= 0.6 is 27.5 Å². The van der Waals surface area contributed by atoms with Crippen LogP contribution in [-0.2, 0) is 6.42 Å². The Bertz CT molecular complexity index is 578. The molecule has 18 heavy (non-hydrogen) atoms.